The number of rotatable bonds is 3. The summed E-state index contributed by atoms with van der Waals surface area (Å²) in [5.74, 6) is 7.25. The lowest BCUT2D eigenvalue weighted by Gasteiger charge is -2.26. The van der Waals surface area contributed by atoms with E-state index in [-0.39, 0.29) is 5.82 Å². The van der Waals surface area contributed by atoms with E-state index >= 15 is 0 Å². The predicted molar refractivity (Wildman–Crippen MR) is 70.8 cm³/mol. The van der Waals surface area contributed by atoms with Gasteiger partial charge in [0.25, 0.3) is 0 Å². The van der Waals surface area contributed by atoms with E-state index in [9.17, 15) is 4.39 Å². The first-order valence-electron chi connectivity index (χ1n) is 5.61. The Balaban J connectivity index is 2.14. The fourth-order valence-corrected chi connectivity index (χ4v) is 2.90. The number of nitrogens with zero attached hydrogens (tertiary/aromatic N) is 2. The average Bonchev–Trinajstić information content (AvgIpc) is 2.34. The molecule has 3 nitrogen and oxygen atoms in total. The van der Waals surface area contributed by atoms with Crippen molar-refractivity contribution in [3.63, 3.8) is 0 Å². The fourth-order valence-electron chi connectivity index (χ4n) is 1.92. The quantitative estimate of drug-likeness (QED) is 0.506. The summed E-state index contributed by atoms with van der Waals surface area (Å²) < 4.78 is 13.2. The van der Waals surface area contributed by atoms with Crippen LogP contribution in [0.15, 0.2) is 23.3 Å². The van der Waals surface area contributed by atoms with Gasteiger partial charge in [-0.3, -0.25) is 4.90 Å². The van der Waals surface area contributed by atoms with Crippen molar-refractivity contribution in [3.05, 3.63) is 35.1 Å². The molecule has 0 spiro atoms. The van der Waals surface area contributed by atoms with Gasteiger partial charge in [-0.15, -0.1) is 0 Å². The molecular formula is C12H16FN3S. The van der Waals surface area contributed by atoms with Crippen LogP contribution in [0.2, 0.25) is 0 Å². The van der Waals surface area contributed by atoms with Crippen molar-refractivity contribution in [2.75, 3.05) is 24.6 Å². The molecular weight excluding hydrogens is 237 g/mol. The van der Waals surface area contributed by atoms with E-state index in [1.165, 1.54) is 6.07 Å². The van der Waals surface area contributed by atoms with Crippen molar-refractivity contribution < 1.29 is 4.39 Å². The Morgan fingerprint density at radius 1 is 1.41 bits per heavy atom. The summed E-state index contributed by atoms with van der Waals surface area (Å²) in [6, 6.07) is 4.73. The second kappa shape index (κ2) is 6.02. The highest BCUT2D eigenvalue weighted by Crippen LogP contribution is 2.16. The smallest absolute Gasteiger partial charge is 0.123 e. The van der Waals surface area contributed by atoms with Gasteiger partial charge in [-0.2, -0.15) is 16.9 Å². The Morgan fingerprint density at radius 2 is 2.18 bits per heavy atom. The third-order valence-electron chi connectivity index (χ3n) is 2.82. The van der Waals surface area contributed by atoms with E-state index in [0.29, 0.717) is 0 Å². The maximum absolute atomic E-state index is 13.2. The monoisotopic (exact) mass is 253 g/mol. The van der Waals surface area contributed by atoms with Crippen molar-refractivity contribution >= 4 is 18.0 Å². The molecule has 0 bridgehead atoms. The topological polar surface area (TPSA) is 41.6 Å². The zero-order valence-electron chi connectivity index (χ0n) is 9.60. The molecule has 1 aromatic carbocycles. The number of nitrogens with two attached hydrogens (primary N) is 1. The number of hydrazone groups is 1. The van der Waals surface area contributed by atoms with Gasteiger partial charge < -0.3 is 5.84 Å². The molecule has 1 saturated heterocycles. The summed E-state index contributed by atoms with van der Waals surface area (Å²) >= 11 is 1.96. The molecule has 1 aliphatic rings. The lowest BCUT2D eigenvalue weighted by Crippen LogP contribution is -2.32. The molecule has 2 N–H and O–H groups in total. The summed E-state index contributed by atoms with van der Waals surface area (Å²) in [5.41, 5.74) is 1.85. The molecule has 0 amide bonds. The van der Waals surface area contributed by atoms with Crippen molar-refractivity contribution in [1.82, 2.24) is 4.90 Å². The zero-order valence-corrected chi connectivity index (χ0v) is 10.4. The second-order valence-corrected chi connectivity index (χ2v) is 5.23. The van der Waals surface area contributed by atoms with Crippen LogP contribution in [0, 0.1) is 5.82 Å². The van der Waals surface area contributed by atoms with Crippen molar-refractivity contribution in [2.45, 2.75) is 6.54 Å². The minimum absolute atomic E-state index is 0.208. The third-order valence-corrected chi connectivity index (χ3v) is 3.76. The molecule has 2 rings (SSSR count). The predicted octanol–water partition coefficient (Wildman–Crippen LogP) is 1.67. The van der Waals surface area contributed by atoms with Crippen LogP contribution in [-0.4, -0.2) is 35.7 Å². The van der Waals surface area contributed by atoms with E-state index in [0.717, 1.165) is 42.3 Å². The van der Waals surface area contributed by atoms with Gasteiger partial charge in [0.05, 0.1) is 6.21 Å². The molecule has 0 radical (unpaired) electrons. The molecule has 0 saturated carbocycles. The molecule has 0 unspecified atom stereocenters. The van der Waals surface area contributed by atoms with Gasteiger partial charge >= 0.3 is 0 Å². The Morgan fingerprint density at radius 3 is 2.88 bits per heavy atom. The Labute approximate surface area is 105 Å². The summed E-state index contributed by atoms with van der Waals surface area (Å²) in [6.07, 6.45) is 1.58. The minimum Gasteiger partial charge on any atom is -0.323 e. The van der Waals surface area contributed by atoms with Crippen LogP contribution in [-0.2, 0) is 6.54 Å². The van der Waals surface area contributed by atoms with Crippen molar-refractivity contribution in [3.8, 4) is 0 Å². The van der Waals surface area contributed by atoms with Crippen LogP contribution in [0.1, 0.15) is 11.1 Å². The van der Waals surface area contributed by atoms with Gasteiger partial charge in [-0.25, -0.2) is 4.39 Å². The molecule has 1 aromatic rings. The largest absolute Gasteiger partial charge is 0.323 e. The molecule has 92 valence electrons. The molecule has 1 aliphatic heterocycles. The molecule has 1 fully saturated rings. The molecule has 1 heterocycles. The van der Waals surface area contributed by atoms with Gasteiger partial charge in [-0.05, 0) is 23.3 Å². The Bertz CT molecular complexity index is 403. The summed E-state index contributed by atoms with van der Waals surface area (Å²) in [7, 11) is 0. The normalized spacial score (nSPS) is 17.7. The van der Waals surface area contributed by atoms with E-state index in [4.69, 9.17) is 5.84 Å². The first kappa shape index (κ1) is 12.4. The number of hydrogen-bond donors (Lipinski definition) is 1. The number of benzene rings is 1. The van der Waals surface area contributed by atoms with Crippen LogP contribution in [0.3, 0.4) is 0 Å². The second-order valence-electron chi connectivity index (χ2n) is 4.01. The van der Waals surface area contributed by atoms with Crippen LogP contribution < -0.4 is 5.84 Å². The highest BCUT2D eigenvalue weighted by atomic mass is 32.2. The number of halogens is 1. The average molecular weight is 253 g/mol. The minimum atomic E-state index is -0.208. The van der Waals surface area contributed by atoms with Gasteiger partial charge in [-0.1, -0.05) is 6.07 Å². The number of thioether (sulfide) groups is 1. The SMILES string of the molecule is NN=Cc1ccc(F)cc1CN1CCSCC1. The fraction of sp³-hybridized carbons (Fsp3) is 0.417. The molecule has 17 heavy (non-hydrogen) atoms. The van der Waals surface area contributed by atoms with Crippen molar-refractivity contribution in [2.24, 2.45) is 10.9 Å². The summed E-state index contributed by atoms with van der Waals surface area (Å²) in [4.78, 5) is 2.33. The molecule has 0 aliphatic carbocycles. The van der Waals surface area contributed by atoms with Crippen LogP contribution in [0.5, 0.6) is 0 Å². The van der Waals surface area contributed by atoms with Gasteiger partial charge in [0.1, 0.15) is 5.82 Å². The van der Waals surface area contributed by atoms with E-state index in [1.54, 1.807) is 18.3 Å². The maximum atomic E-state index is 13.2. The van der Waals surface area contributed by atoms with E-state index in [2.05, 4.69) is 10.0 Å². The van der Waals surface area contributed by atoms with E-state index in [1.807, 2.05) is 11.8 Å². The number of hydrogen-bond acceptors (Lipinski definition) is 4. The Hall–Kier alpha value is -1.07. The van der Waals surface area contributed by atoms with E-state index < -0.39 is 0 Å². The summed E-state index contributed by atoms with van der Waals surface area (Å²) in [5, 5.41) is 3.52. The van der Waals surface area contributed by atoms with Crippen LogP contribution >= 0.6 is 11.8 Å². The van der Waals surface area contributed by atoms with Crippen molar-refractivity contribution in [1.29, 1.82) is 0 Å². The first-order chi connectivity index (χ1) is 8.29. The van der Waals surface area contributed by atoms with Crippen LogP contribution in [0.4, 0.5) is 4.39 Å². The molecule has 0 aromatic heterocycles. The van der Waals surface area contributed by atoms with Gasteiger partial charge in [0.2, 0.25) is 0 Å². The van der Waals surface area contributed by atoms with Gasteiger partial charge in [0, 0.05) is 31.1 Å². The molecule has 5 heteroatoms. The van der Waals surface area contributed by atoms with Gasteiger partial charge in [0.15, 0.2) is 0 Å². The first-order valence-corrected chi connectivity index (χ1v) is 6.77. The zero-order chi connectivity index (χ0) is 12.1. The Kier molecular flexibility index (Phi) is 4.39. The highest BCUT2D eigenvalue weighted by Gasteiger charge is 2.12. The highest BCUT2D eigenvalue weighted by molar-refractivity contribution is 7.99. The standard InChI is InChI=1S/C12H16FN3S/c13-12-2-1-10(8-15-14)11(7-12)9-16-3-5-17-6-4-16/h1-2,7-8H,3-6,9,14H2. The third kappa shape index (κ3) is 3.44. The van der Waals surface area contributed by atoms with Crippen LogP contribution in [0.25, 0.3) is 0 Å². The lowest BCUT2D eigenvalue weighted by molar-refractivity contribution is 0.294. The maximum Gasteiger partial charge on any atom is 0.123 e. The lowest BCUT2D eigenvalue weighted by atomic mass is 10.1. The molecule has 0 atom stereocenters. The summed E-state index contributed by atoms with van der Waals surface area (Å²) in [6.45, 7) is 2.88.